The third-order valence-electron chi connectivity index (χ3n) is 4.84. The summed E-state index contributed by atoms with van der Waals surface area (Å²) in [5.74, 6) is 0.686. The molecule has 0 unspecified atom stereocenters. The third-order valence-corrected chi connectivity index (χ3v) is 4.84. The summed E-state index contributed by atoms with van der Waals surface area (Å²) < 4.78 is 13.9. The average molecular weight is 356 g/mol. The first kappa shape index (κ1) is 18.2. The highest BCUT2D eigenvalue weighted by Gasteiger charge is 2.20. The maximum atomic E-state index is 13.9. The Kier molecular flexibility index (Phi) is 5.71. The molecule has 0 spiro atoms. The minimum absolute atomic E-state index is 0.0124. The molecule has 2 heterocycles. The molecule has 1 fully saturated rings. The predicted molar refractivity (Wildman–Crippen MR) is 102 cm³/mol. The van der Waals surface area contributed by atoms with Crippen LogP contribution in [0.15, 0.2) is 42.6 Å². The largest absolute Gasteiger partial charge is 0.366 e. The Morgan fingerprint density at radius 1 is 1.04 bits per heavy atom. The fourth-order valence-electron chi connectivity index (χ4n) is 3.28. The number of carbonyl (C=O) groups excluding carboxylic acids is 1. The number of hydrogen-bond donors (Lipinski definition) is 0. The van der Waals surface area contributed by atoms with E-state index < -0.39 is 0 Å². The highest BCUT2D eigenvalue weighted by atomic mass is 19.1. The van der Waals surface area contributed by atoms with Crippen LogP contribution in [0.25, 0.3) is 0 Å². The summed E-state index contributed by atoms with van der Waals surface area (Å²) in [4.78, 5) is 22.8. The highest BCUT2D eigenvalue weighted by molar-refractivity contribution is 5.94. The fraction of sp³-hybridized carbons (Fsp3) is 0.400. The number of aromatic nitrogens is 1. The smallest absolute Gasteiger partial charge is 0.255 e. The second kappa shape index (κ2) is 8.17. The van der Waals surface area contributed by atoms with Gasteiger partial charge < -0.3 is 14.7 Å². The van der Waals surface area contributed by atoms with E-state index in [1.54, 1.807) is 17.2 Å². The first-order valence-corrected chi connectivity index (χ1v) is 9.13. The van der Waals surface area contributed by atoms with Gasteiger partial charge in [0.25, 0.3) is 5.91 Å². The number of nitrogens with zero attached hydrogens (tertiary/aromatic N) is 4. The highest BCUT2D eigenvalue weighted by Crippen LogP contribution is 2.22. The van der Waals surface area contributed by atoms with Crippen molar-refractivity contribution in [3.8, 4) is 0 Å². The van der Waals surface area contributed by atoms with Gasteiger partial charge >= 0.3 is 0 Å². The van der Waals surface area contributed by atoms with Crippen molar-refractivity contribution in [2.45, 2.75) is 13.8 Å². The summed E-state index contributed by atoms with van der Waals surface area (Å²) in [6.07, 6.45) is 1.65. The van der Waals surface area contributed by atoms with Crippen LogP contribution in [-0.4, -0.2) is 55.1 Å². The predicted octanol–water partition coefficient (Wildman–Crippen LogP) is 3.03. The zero-order valence-electron chi connectivity index (χ0n) is 15.4. The lowest BCUT2D eigenvalue weighted by Gasteiger charge is -2.36. The molecule has 26 heavy (non-hydrogen) atoms. The van der Waals surface area contributed by atoms with Gasteiger partial charge in [0.15, 0.2) is 0 Å². The van der Waals surface area contributed by atoms with E-state index in [2.05, 4.69) is 14.8 Å². The van der Waals surface area contributed by atoms with E-state index in [-0.39, 0.29) is 11.7 Å². The number of amides is 1. The Labute approximate surface area is 154 Å². The Morgan fingerprint density at radius 3 is 2.27 bits per heavy atom. The molecule has 0 saturated carbocycles. The standard InChI is InChI=1S/C20H25FN4O/c1-3-23(4-2)20(26)16-9-10-19(22-15-16)25-13-11-24(12-14-25)18-8-6-5-7-17(18)21/h5-10,15H,3-4,11-14H2,1-2H3. The molecule has 6 heteroatoms. The van der Waals surface area contributed by atoms with Crippen molar-refractivity contribution in [3.05, 3.63) is 54.0 Å². The van der Waals surface area contributed by atoms with E-state index in [1.165, 1.54) is 6.07 Å². The van der Waals surface area contributed by atoms with Crippen LogP contribution in [0.3, 0.4) is 0 Å². The van der Waals surface area contributed by atoms with Crippen molar-refractivity contribution in [3.63, 3.8) is 0 Å². The molecule has 1 aliphatic rings. The zero-order valence-corrected chi connectivity index (χ0v) is 15.4. The van der Waals surface area contributed by atoms with Crippen LogP contribution in [0.2, 0.25) is 0 Å². The first-order valence-electron chi connectivity index (χ1n) is 9.13. The average Bonchev–Trinajstić information content (AvgIpc) is 2.69. The second-order valence-corrected chi connectivity index (χ2v) is 6.31. The Morgan fingerprint density at radius 2 is 1.69 bits per heavy atom. The van der Waals surface area contributed by atoms with Gasteiger partial charge in [0.1, 0.15) is 11.6 Å². The molecule has 2 aromatic rings. The summed E-state index contributed by atoms with van der Waals surface area (Å²) in [5.41, 5.74) is 1.27. The maximum Gasteiger partial charge on any atom is 0.255 e. The van der Waals surface area contributed by atoms with E-state index in [0.717, 1.165) is 32.0 Å². The van der Waals surface area contributed by atoms with Gasteiger partial charge in [0, 0.05) is 45.5 Å². The number of benzene rings is 1. The van der Waals surface area contributed by atoms with Crippen molar-refractivity contribution in [2.24, 2.45) is 0 Å². The van der Waals surface area contributed by atoms with E-state index in [9.17, 15) is 9.18 Å². The first-order chi connectivity index (χ1) is 12.6. The van der Waals surface area contributed by atoms with Gasteiger partial charge in [-0.05, 0) is 38.1 Å². The van der Waals surface area contributed by atoms with Crippen LogP contribution in [0.5, 0.6) is 0 Å². The molecule has 0 aliphatic carbocycles. The van der Waals surface area contributed by atoms with Gasteiger partial charge in [-0.25, -0.2) is 9.37 Å². The molecule has 0 N–H and O–H groups in total. The van der Waals surface area contributed by atoms with Crippen LogP contribution in [0.4, 0.5) is 15.9 Å². The van der Waals surface area contributed by atoms with E-state index in [0.29, 0.717) is 24.3 Å². The maximum absolute atomic E-state index is 13.9. The number of halogens is 1. The van der Waals surface area contributed by atoms with E-state index in [4.69, 9.17) is 0 Å². The van der Waals surface area contributed by atoms with Crippen LogP contribution in [0.1, 0.15) is 24.2 Å². The van der Waals surface area contributed by atoms with Crippen LogP contribution in [0, 0.1) is 5.82 Å². The number of para-hydroxylation sites is 1. The molecule has 1 saturated heterocycles. The van der Waals surface area contributed by atoms with Crippen molar-refractivity contribution < 1.29 is 9.18 Å². The van der Waals surface area contributed by atoms with Gasteiger partial charge in [-0.3, -0.25) is 4.79 Å². The molecule has 1 aromatic heterocycles. The van der Waals surface area contributed by atoms with Crippen molar-refractivity contribution in [1.29, 1.82) is 0 Å². The lowest BCUT2D eigenvalue weighted by Crippen LogP contribution is -2.47. The number of anilines is 2. The fourth-order valence-corrected chi connectivity index (χ4v) is 3.28. The lowest BCUT2D eigenvalue weighted by molar-refractivity contribution is 0.0772. The Bertz CT molecular complexity index is 738. The second-order valence-electron chi connectivity index (χ2n) is 6.31. The number of rotatable bonds is 5. The summed E-state index contributed by atoms with van der Waals surface area (Å²) in [6, 6.07) is 10.6. The van der Waals surface area contributed by atoms with Crippen molar-refractivity contribution in [1.82, 2.24) is 9.88 Å². The Balaban J connectivity index is 1.63. The molecule has 0 atom stereocenters. The van der Waals surface area contributed by atoms with Gasteiger partial charge in [-0.2, -0.15) is 0 Å². The molecular formula is C20H25FN4O. The Hall–Kier alpha value is -2.63. The van der Waals surface area contributed by atoms with Gasteiger partial charge in [-0.15, -0.1) is 0 Å². The summed E-state index contributed by atoms with van der Waals surface area (Å²) >= 11 is 0. The van der Waals surface area contributed by atoms with Crippen LogP contribution in [-0.2, 0) is 0 Å². The SMILES string of the molecule is CCN(CC)C(=O)c1ccc(N2CCN(c3ccccc3F)CC2)nc1. The topological polar surface area (TPSA) is 39.7 Å². The molecule has 0 radical (unpaired) electrons. The monoisotopic (exact) mass is 356 g/mol. The summed E-state index contributed by atoms with van der Waals surface area (Å²) in [6.45, 7) is 8.33. The quantitative estimate of drug-likeness (QED) is 0.826. The normalized spacial score (nSPS) is 14.4. The molecule has 1 aliphatic heterocycles. The number of hydrogen-bond acceptors (Lipinski definition) is 4. The van der Waals surface area contributed by atoms with Gasteiger partial charge in [0.2, 0.25) is 0 Å². The molecule has 3 rings (SSSR count). The molecule has 1 amide bonds. The number of pyridine rings is 1. The summed E-state index contributed by atoms with van der Waals surface area (Å²) in [7, 11) is 0. The molecule has 138 valence electrons. The van der Waals surface area contributed by atoms with Crippen molar-refractivity contribution >= 4 is 17.4 Å². The van der Waals surface area contributed by atoms with Gasteiger partial charge in [0.05, 0.1) is 11.3 Å². The number of carbonyl (C=O) groups is 1. The van der Waals surface area contributed by atoms with Crippen molar-refractivity contribution in [2.75, 3.05) is 49.1 Å². The molecular weight excluding hydrogens is 331 g/mol. The number of piperazine rings is 1. The van der Waals surface area contributed by atoms with Gasteiger partial charge in [-0.1, -0.05) is 12.1 Å². The molecule has 5 nitrogen and oxygen atoms in total. The zero-order chi connectivity index (χ0) is 18.5. The lowest BCUT2D eigenvalue weighted by atomic mass is 10.2. The van der Waals surface area contributed by atoms with Crippen LogP contribution >= 0.6 is 0 Å². The molecule has 0 bridgehead atoms. The van der Waals surface area contributed by atoms with E-state index in [1.807, 2.05) is 38.1 Å². The van der Waals surface area contributed by atoms with Crippen LogP contribution < -0.4 is 9.80 Å². The van der Waals surface area contributed by atoms with E-state index >= 15 is 0 Å². The minimum Gasteiger partial charge on any atom is -0.366 e. The summed E-state index contributed by atoms with van der Waals surface area (Å²) in [5, 5.41) is 0. The molecule has 1 aromatic carbocycles. The minimum atomic E-state index is -0.182. The third kappa shape index (κ3) is 3.79.